The molecule has 1 fully saturated rings. The van der Waals surface area contributed by atoms with Gasteiger partial charge in [-0.3, -0.25) is 24.3 Å². The molecule has 1 saturated heterocycles. The van der Waals surface area contributed by atoms with Crippen LogP contribution in [0.4, 0.5) is 10.5 Å². The Balaban J connectivity index is 1.77. The molecule has 0 saturated carbocycles. The average molecular weight is 417 g/mol. The maximum Gasteiger partial charge on any atom is 0.335 e. The number of aromatic nitrogens is 1. The number of carbonyl (C=O) groups excluding carboxylic acids is 4. The predicted octanol–water partition coefficient (Wildman–Crippen LogP) is 3.37. The number of fused-ring (bicyclic) bond motifs is 1. The summed E-state index contributed by atoms with van der Waals surface area (Å²) in [5.41, 5.74) is 1.06. The van der Waals surface area contributed by atoms with Crippen LogP contribution in [0.15, 0.2) is 60.2 Å². The fourth-order valence-corrected chi connectivity index (χ4v) is 3.53. The van der Waals surface area contributed by atoms with Gasteiger partial charge in [0.25, 0.3) is 11.8 Å². The van der Waals surface area contributed by atoms with Crippen molar-refractivity contribution in [3.8, 4) is 5.75 Å². The SMILES string of the molecule is CCOc1ccc(N2C(=O)NC(=O)C(=Cc3cc4ccccc4n3C(C)=O)C2=O)cc1. The van der Waals surface area contributed by atoms with Gasteiger partial charge >= 0.3 is 6.03 Å². The molecule has 3 aromatic rings. The Morgan fingerprint density at radius 1 is 1.06 bits per heavy atom. The smallest absolute Gasteiger partial charge is 0.335 e. The van der Waals surface area contributed by atoms with E-state index in [9.17, 15) is 19.2 Å². The number of anilines is 1. The molecule has 1 aliphatic heterocycles. The molecule has 1 N–H and O–H groups in total. The van der Waals surface area contributed by atoms with Crippen LogP contribution in [0.5, 0.6) is 5.75 Å². The van der Waals surface area contributed by atoms with Gasteiger partial charge in [-0.1, -0.05) is 18.2 Å². The van der Waals surface area contributed by atoms with Gasteiger partial charge < -0.3 is 4.74 Å². The summed E-state index contributed by atoms with van der Waals surface area (Å²) >= 11 is 0. The highest BCUT2D eigenvalue weighted by Crippen LogP contribution is 2.26. The van der Waals surface area contributed by atoms with Gasteiger partial charge in [0.1, 0.15) is 11.3 Å². The molecule has 8 nitrogen and oxygen atoms in total. The number of amides is 4. The number of benzene rings is 2. The van der Waals surface area contributed by atoms with E-state index in [0.717, 1.165) is 10.3 Å². The number of imide groups is 2. The van der Waals surface area contributed by atoms with E-state index in [2.05, 4.69) is 5.32 Å². The van der Waals surface area contributed by atoms with E-state index >= 15 is 0 Å². The van der Waals surface area contributed by atoms with Crippen LogP contribution in [0.1, 0.15) is 24.3 Å². The number of hydrogen-bond donors (Lipinski definition) is 1. The molecule has 0 unspecified atom stereocenters. The molecular formula is C23H19N3O5. The zero-order valence-corrected chi connectivity index (χ0v) is 16.9. The summed E-state index contributed by atoms with van der Waals surface area (Å²) in [6, 6.07) is 14.5. The Morgan fingerprint density at radius 3 is 2.45 bits per heavy atom. The molecule has 0 bridgehead atoms. The van der Waals surface area contributed by atoms with Crippen LogP contribution < -0.4 is 15.0 Å². The lowest BCUT2D eigenvalue weighted by Crippen LogP contribution is -2.54. The number of ether oxygens (including phenoxy) is 1. The number of carbonyl (C=O) groups is 4. The predicted molar refractivity (Wildman–Crippen MR) is 115 cm³/mol. The Morgan fingerprint density at radius 2 is 1.77 bits per heavy atom. The maximum atomic E-state index is 13.1. The van der Waals surface area contributed by atoms with Crippen molar-refractivity contribution in [2.24, 2.45) is 0 Å². The maximum absolute atomic E-state index is 13.1. The molecule has 0 aliphatic carbocycles. The molecule has 4 rings (SSSR count). The van der Waals surface area contributed by atoms with Gasteiger partial charge in [-0.15, -0.1) is 0 Å². The summed E-state index contributed by atoms with van der Waals surface area (Å²) in [5, 5.41) is 2.97. The molecule has 2 heterocycles. The molecule has 0 spiro atoms. The molecule has 2 aromatic carbocycles. The van der Waals surface area contributed by atoms with Gasteiger partial charge in [0.15, 0.2) is 0 Å². The van der Waals surface area contributed by atoms with Crippen molar-refractivity contribution in [2.45, 2.75) is 13.8 Å². The summed E-state index contributed by atoms with van der Waals surface area (Å²) in [5.74, 6) is -1.28. The number of hydrogen-bond acceptors (Lipinski definition) is 5. The zero-order chi connectivity index (χ0) is 22.1. The Bertz CT molecular complexity index is 1250. The molecule has 1 aliphatic rings. The van der Waals surface area contributed by atoms with E-state index in [0.29, 0.717) is 23.6 Å². The van der Waals surface area contributed by atoms with Gasteiger partial charge in [-0.25, -0.2) is 9.69 Å². The van der Waals surface area contributed by atoms with Crippen molar-refractivity contribution in [1.29, 1.82) is 0 Å². The van der Waals surface area contributed by atoms with Crippen molar-refractivity contribution in [1.82, 2.24) is 9.88 Å². The van der Waals surface area contributed by atoms with Crippen LogP contribution in [-0.4, -0.2) is 34.9 Å². The first-order valence-corrected chi connectivity index (χ1v) is 9.66. The molecular weight excluding hydrogens is 398 g/mol. The lowest BCUT2D eigenvalue weighted by molar-refractivity contribution is -0.122. The lowest BCUT2D eigenvalue weighted by Gasteiger charge is -2.26. The Labute approximate surface area is 177 Å². The fourth-order valence-electron chi connectivity index (χ4n) is 3.53. The molecule has 8 heteroatoms. The lowest BCUT2D eigenvalue weighted by atomic mass is 10.1. The van der Waals surface area contributed by atoms with Gasteiger partial charge in [0.05, 0.1) is 23.5 Å². The summed E-state index contributed by atoms with van der Waals surface area (Å²) in [6.45, 7) is 3.72. The van der Waals surface area contributed by atoms with Crippen molar-refractivity contribution >= 4 is 46.4 Å². The van der Waals surface area contributed by atoms with E-state index in [-0.39, 0.29) is 17.2 Å². The number of rotatable bonds is 4. The van der Waals surface area contributed by atoms with Crippen molar-refractivity contribution < 1.29 is 23.9 Å². The first-order valence-electron chi connectivity index (χ1n) is 9.66. The quantitative estimate of drug-likeness (QED) is 0.519. The standard InChI is InChI=1S/C23H19N3O5/c1-3-31-18-10-8-16(9-11-18)26-22(29)19(21(28)24-23(26)30)13-17-12-15-6-4-5-7-20(15)25(17)14(2)27/h4-13H,3H2,1-2H3,(H,24,28,30). The van der Waals surface area contributed by atoms with Gasteiger partial charge in [-0.05, 0) is 49.4 Å². The molecule has 156 valence electrons. The fraction of sp³-hybridized carbons (Fsp3) is 0.130. The highest BCUT2D eigenvalue weighted by Gasteiger charge is 2.37. The minimum absolute atomic E-state index is 0.251. The largest absolute Gasteiger partial charge is 0.494 e. The van der Waals surface area contributed by atoms with E-state index in [1.54, 1.807) is 42.5 Å². The molecule has 31 heavy (non-hydrogen) atoms. The van der Waals surface area contributed by atoms with Gasteiger partial charge in [0, 0.05) is 12.3 Å². The topological polar surface area (TPSA) is 97.7 Å². The normalized spacial score (nSPS) is 15.5. The molecule has 0 radical (unpaired) electrons. The average Bonchev–Trinajstić information content (AvgIpc) is 3.11. The molecule has 0 atom stereocenters. The second-order valence-electron chi connectivity index (χ2n) is 6.87. The summed E-state index contributed by atoms with van der Waals surface area (Å²) < 4.78 is 6.80. The third kappa shape index (κ3) is 3.59. The zero-order valence-electron chi connectivity index (χ0n) is 16.9. The highest BCUT2D eigenvalue weighted by atomic mass is 16.5. The van der Waals surface area contributed by atoms with E-state index in [1.807, 2.05) is 19.1 Å². The van der Waals surface area contributed by atoms with Crippen molar-refractivity contribution in [2.75, 3.05) is 11.5 Å². The Hall–Kier alpha value is -4.20. The van der Waals surface area contributed by atoms with E-state index in [4.69, 9.17) is 4.74 Å². The van der Waals surface area contributed by atoms with Crippen LogP contribution in [-0.2, 0) is 9.59 Å². The Kier molecular flexibility index (Phi) is 5.12. The molecule has 1 aromatic heterocycles. The second kappa shape index (κ2) is 7.91. The van der Waals surface area contributed by atoms with Gasteiger partial charge in [-0.2, -0.15) is 0 Å². The second-order valence-corrected chi connectivity index (χ2v) is 6.87. The first-order chi connectivity index (χ1) is 14.9. The monoisotopic (exact) mass is 417 g/mol. The summed E-state index contributed by atoms with van der Waals surface area (Å²) in [4.78, 5) is 51.1. The highest BCUT2D eigenvalue weighted by molar-refractivity contribution is 6.39. The number of urea groups is 1. The van der Waals surface area contributed by atoms with Crippen molar-refractivity contribution in [3.05, 3.63) is 65.9 Å². The van der Waals surface area contributed by atoms with E-state index in [1.165, 1.54) is 17.6 Å². The van der Waals surface area contributed by atoms with Crippen LogP contribution in [0, 0.1) is 0 Å². The number of nitrogens with one attached hydrogen (secondary N) is 1. The number of barbiturate groups is 1. The third-order valence-electron chi connectivity index (χ3n) is 4.85. The van der Waals surface area contributed by atoms with Crippen LogP contribution in [0.25, 0.3) is 17.0 Å². The van der Waals surface area contributed by atoms with Crippen LogP contribution in [0.2, 0.25) is 0 Å². The molecule has 4 amide bonds. The van der Waals surface area contributed by atoms with Crippen LogP contribution in [0.3, 0.4) is 0 Å². The summed E-state index contributed by atoms with van der Waals surface area (Å²) in [7, 11) is 0. The number of para-hydroxylation sites is 1. The van der Waals surface area contributed by atoms with Crippen LogP contribution >= 0.6 is 0 Å². The third-order valence-corrected chi connectivity index (χ3v) is 4.85. The summed E-state index contributed by atoms with van der Waals surface area (Å²) in [6.07, 6.45) is 1.33. The van der Waals surface area contributed by atoms with Gasteiger partial charge in [0.2, 0.25) is 5.91 Å². The van der Waals surface area contributed by atoms with Crippen molar-refractivity contribution in [3.63, 3.8) is 0 Å². The minimum Gasteiger partial charge on any atom is -0.494 e. The first kappa shape index (κ1) is 20.1. The van der Waals surface area contributed by atoms with E-state index < -0.39 is 17.8 Å². The minimum atomic E-state index is -0.844. The number of nitrogens with zero attached hydrogens (tertiary/aromatic N) is 2.